The van der Waals surface area contributed by atoms with Crippen molar-refractivity contribution in [1.82, 2.24) is 0 Å². The fourth-order valence-corrected chi connectivity index (χ4v) is 8.90. The normalized spacial score (nSPS) is 50.0. The molecule has 0 unspecified atom stereocenters. The lowest BCUT2D eigenvalue weighted by Gasteiger charge is -2.55. The van der Waals surface area contributed by atoms with Gasteiger partial charge in [0.15, 0.2) is 5.79 Å². The quantitative estimate of drug-likeness (QED) is 0.643. The molecule has 4 aliphatic carbocycles. The van der Waals surface area contributed by atoms with Crippen LogP contribution in [-0.2, 0) is 14.3 Å². The Hall–Kier alpha value is -0.490. The SMILES string of the molecule is C[C@]12CC(=O)[C@H]3[C@H]4CCC5(C[C@@H]4CC[C@@H]3[C@@H]1CCC21[NH2+]CC[NH2+]1)OCCO5. The minimum Gasteiger partial charge on any atom is -0.348 e. The largest absolute Gasteiger partial charge is 0.348 e. The van der Waals surface area contributed by atoms with Gasteiger partial charge in [0.25, 0.3) is 0 Å². The molecule has 6 fully saturated rings. The van der Waals surface area contributed by atoms with Gasteiger partial charge in [-0.15, -0.1) is 0 Å². The van der Waals surface area contributed by atoms with Gasteiger partial charge in [-0.05, 0) is 56.3 Å². The predicted octanol–water partition coefficient (Wildman–Crippen LogP) is 0.398. The van der Waals surface area contributed by atoms with Gasteiger partial charge in [-0.1, -0.05) is 0 Å². The molecule has 2 spiro atoms. The van der Waals surface area contributed by atoms with Crippen LogP contribution in [0.2, 0.25) is 0 Å². The second-order valence-electron chi connectivity index (χ2n) is 10.8. The van der Waals surface area contributed by atoms with Crippen LogP contribution in [0.15, 0.2) is 0 Å². The van der Waals surface area contributed by atoms with Crippen LogP contribution in [0, 0.1) is 35.0 Å². The van der Waals surface area contributed by atoms with Crippen molar-refractivity contribution < 1.29 is 24.9 Å². The molecular formula is C22H36N2O3+2. The fourth-order valence-electron chi connectivity index (χ4n) is 8.90. The lowest BCUT2D eigenvalue weighted by atomic mass is 9.49. The van der Waals surface area contributed by atoms with E-state index in [-0.39, 0.29) is 16.9 Å². The Balaban J connectivity index is 1.28. The van der Waals surface area contributed by atoms with E-state index in [1.54, 1.807) is 0 Å². The zero-order valence-electron chi connectivity index (χ0n) is 16.8. The summed E-state index contributed by atoms with van der Waals surface area (Å²) >= 11 is 0. The van der Waals surface area contributed by atoms with Crippen molar-refractivity contribution in [2.24, 2.45) is 35.0 Å². The van der Waals surface area contributed by atoms with Crippen LogP contribution < -0.4 is 10.6 Å². The van der Waals surface area contributed by atoms with Crippen molar-refractivity contribution in [3.05, 3.63) is 0 Å². The highest BCUT2D eigenvalue weighted by Crippen LogP contribution is 2.63. The van der Waals surface area contributed by atoms with Crippen molar-refractivity contribution in [2.45, 2.75) is 69.7 Å². The van der Waals surface area contributed by atoms with Gasteiger partial charge in [-0.2, -0.15) is 0 Å². The minimum absolute atomic E-state index is 0.197. The molecule has 4 N–H and O–H groups in total. The molecule has 6 rings (SSSR count). The summed E-state index contributed by atoms with van der Waals surface area (Å²) in [4.78, 5) is 13.6. The number of quaternary nitrogens is 2. The third-order valence-electron chi connectivity index (χ3n) is 10.0. The number of ether oxygens (including phenoxy) is 2. The maximum absolute atomic E-state index is 13.6. The third-order valence-corrected chi connectivity index (χ3v) is 10.0. The minimum atomic E-state index is -0.300. The maximum Gasteiger partial charge on any atom is 0.225 e. The molecule has 2 heterocycles. The van der Waals surface area contributed by atoms with E-state index < -0.39 is 0 Å². The molecule has 0 radical (unpaired) electrons. The van der Waals surface area contributed by atoms with Crippen molar-refractivity contribution >= 4 is 5.78 Å². The van der Waals surface area contributed by atoms with Gasteiger partial charge in [-0.25, -0.2) is 0 Å². The average Bonchev–Trinajstić information content (AvgIpc) is 3.37. The van der Waals surface area contributed by atoms with E-state index in [4.69, 9.17) is 9.47 Å². The Kier molecular flexibility index (Phi) is 3.72. The highest BCUT2D eigenvalue weighted by atomic mass is 16.7. The van der Waals surface area contributed by atoms with Gasteiger partial charge in [-0.3, -0.25) is 15.4 Å². The predicted molar refractivity (Wildman–Crippen MR) is 98.5 cm³/mol. The van der Waals surface area contributed by atoms with E-state index in [1.165, 1.54) is 38.8 Å². The van der Waals surface area contributed by atoms with E-state index in [1.807, 2.05) is 0 Å². The summed E-state index contributed by atoms with van der Waals surface area (Å²) in [6, 6.07) is 0. The summed E-state index contributed by atoms with van der Waals surface area (Å²) in [7, 11) is 0. The Bertz CT molecular complexity index is 639. The van der Waals surface area contributed by atoms with Crippen LogP contribution >= 0.6 is 0 Å². The van der Waals surface area contributed by atoms with E-state index in [0.29, 0.717) is 29.5 Å². The second-order valence-corrected chi connectivity index (χ2v) is 10.8. The number of carbonyl (C=O) groups excluding carboxylic acids is 1. The molecule has 0 bridgehead atoms. The molecule has 0 aromatic carbocycles. The van der Waals surface area contributed by atoms with Gasteiger partial charge < -0.3 is 9.47 Å². The first-order valence-corrected chi connectivity index (χ1v) is 11.6. The van der Waals surface area contributed by atoms with Gasteiger partial charge in [0.05, 0.1) is 25.0 Å². The highest BCUT2D eigenvalue weighted by molar-refractivity contribution is 5.84. The summed E-state index contributed by atoms with van der Waals surface area (Å²) < 4.78 is 12.1. The topological polar surface area (TPSA) is 68.8 Å². The average molecular weight is 377 g/mol. The van der Waals surface area contributed by atoms with Crippen molar-refractivity contribution in [2.75, 3.05) is 26.3 Å². The van der Waals surface area contributed by atoms with Crippen LogP contribution in [0.3, 0.4) is 0 Å². The number of Topliss-reactive ketones (excluding diaryl/α,β-unsaturated/α-hetero) is 1. The smallest absolute Gasteiger partial charge is 0.225 e. The number of nitrogens with two attached hydrogens (primary N) is 2. The van der Waals surface area contributed by atoms with Crippen LogP contribution in [-0.4, -0.2) is 43.5 Å². The number of rotatable bonds is 0. The zero-order chi connectivity index (χ0) is 18.3. The van der Waals surface area contributed by atoms with Gasteiger partial charge in [0.1, 0.15) is 18.9 Å². The molecule has 0 aromatic heterocycles. The van der Waals surface area contributed by atoms with Crippen LogP contribution in [0.1, 0.15) is 58.3 Å². The van der Waals surface area contributed by atoms with E-state index in [9.17, 15) is 4.79 Å². The third kappa shape index (κ3) is 2.23. The number of hydrogen-bond donors (Lipinski definition) is 2. The van der Waals surface area contributed by atoms with Crippen LogP contribution in [0.5, 0.6) is 0 Å². The van der Waals surface area contributed by atoms with Gasteiger partial charge >= 0.3 is 0 Å². The van der Waals surface area contributed by atoms with E-state index in [2.05, 4.69) is 17.6 Å². The number of fused-ring (bicyclic) bond motifs is 6. The molecule has 2 aliphatic heterocycles. The standard InChI is InChI=1S/C22H34N2O3/c1-20-13-18(25)19-15-4-6-21(26-10-11-27-21)12-14(15)2-3-16(19)17(20)5-7-22(20)23-8-9-24-22/h14-17,19,23-24H,2-13H2,1H3/p+2/t14-,15-,16+,17-,19-,20-/m0/s1. The first-order valence-electron chi connectivity index (χ1n) is 11.6. The van der Waals surface area contributed by atoms with E-state index >= 15 is 0 Å². The summed E-state index contributed by atoms with van der Waals surface area (Å²) in [6.45, 7) is 6.41. The molecule has 5 heteroatoms. The highest BCUT2D eigenvalue weighted by Gasteiger charge is 2.71. The first-order chi connectivity index (χ1) is 13.1. The van der Waals surface area contributed by atoms with Crippen LogP contribution in [0.25, 0.3) is 0 Å². The Morgan fingerprint density at radius 2 is 1.74 bits per heavy atom. The van der Waals surface area contributed by atoms with Crippen molar-refractivity contribution in [3.8, 4) is 0 Å². The number of ketones is 1. The lowest BCUT2D eigenvalue weighted by molar-refractivity contribution is -0.901. The monoisotopic (exact) mass is 376 g/mol. The second kappa shape index (κ2) is 5.78. The van der Waals surface area contributed by atoms with E-state index in [0.717, 1.165) is 44.8 Å². The number of carbonyl (C=O) groups is 1. The molecule has 2 saturated heterocycles. The molecule has 0 amide bonds. The number of hydrogen-bond acceptors (Lipinski definition) is 3. The molecule has 6 aliphatic rings. The zero-order valence-corrected chi connectivity index (χ0v) is 16.8. The lowest BCUT2D eigenvalue weighted by Crippen LogP contribution is -3.14. The molecule has 4 saturated carbocycles. The maximum atomic E-state index is 13.6. The molecule has 27 heavy (non-hydrogen) atoms. The van der Waals surface area contributed by atoms with Crippen LogP contribution in [0.4, 0.5) is 0 Å². The molecule has 5 nitrogen and oxygen atoms in total. The molecule has 0 aromatic rings. The fraction of sp³-hybridized carbons (Fsp3) is 0.955. The Morgan fingerprint density at radius 1 is 0.963 bits per heavy atom. The van der Waals surface area contributed by atoms with Gasteiger partial charge in [0, 0.05) is 25.2 Å². The molecule has 6 atom stereocenters. The van der Waals surface area contributed by atoms with Crippen molar-refractivity contribution in [3.63, 3.8) is 0 Å². The summed E-state index contributed by atoms with van der Waals surface area (Å²) in [5, 5.41) is 5.18. The summed E-state index contributed by atoms with van der Waals surface area (Å²) in [6.07, 6.45) is 9.15. The molecule has 150 valence electrons. The Morgan fingerprint density at radius 3 is 2.52 bits per heavy atom. The first kappa shape index (κ1) is 17.4. The van der Waals surface area contributed by atoms with Gasteiger partial charge in [0.2, 0.25) is 5.66 Å². The van der Waals surface area contributed by atoms with Crippen molar-refractivity contribution in [1.29, 1.82) is 0 Å². The summed E-state index contributed by atoms with van der Waals surface area (Å²) in [5.41, 5.74) is 0.458. The molecular weight excluding hydrogens is 340 g/mol. The summed E-state index contributed by atoms with van der Waals surface area (Å²) in [5.74, 6) is 3.25. The Labute approximate surface area is 162 Å².